The molecule has 0 atom stereocenters. The van der Waals surface area contributed by atoms with Crippen molar-refractivity contribution in [2.75, 3.05) is 12.9 Å². The van der Waals surface area contributed by atoms with E-state index in [1.807, 2.05) is 43.3 Å². The maximum Gasteiger partial charge on any atom is 0.264 e. The Hall–Kier alpha value is -0.870. The molecule has 0 aliphatic heterocycles. The molecule has 0 aliphatic carbocycles. The number of hydrogen-bond donors (Lipinski definition) is 0. The first-order valence-corrected chi connectivity index (χ1v) is 6.72. The van der Waals surface area contributed by atoms with Crippen LogP contribution in [0.25, 0.3) is 0 Å². The number of rotatable bonds is 4. The quantitative estimate of drug-likeness (QED) is 0.589. The number of unbranched alkanes of at least 4 members (excludes halogenated alkanes) is 1. The summed E-state index contributed by atoms with van der Waals surface area (Å²) in [6.45, 7) is 2.29. The van der Waals surface area contributed by atoms with Gasteiger partial charge in [-0.3, -0.25) is 4.18 Å². The lowest BCUT2D eigenvalue weighted by atomic mass is 10.4. The summed E-state index contributed by atoms with van der Waals surface area (Å²) >= 11 is 0. The van der Waals surface area contributed by atoms with Crippen molar-refractivity contribution in [3.63, 3.8) is 0 Å². The van der Waals surface area contributed by atoms with Crippen molar-refractivity contribution >= 4 is 10.1 Å². The highest BCUT2D eigenvalue weighted by Gasteiger charge is 1.98. The molecule has 0 radical (unpaired) electrons. The zero-order valence-electron chi connectivity index (χ0n) is 9.22. The molecule has 1 rings (SSSR count). The number of hydrogen-bond acceptors (Lipinski definition) is 3. The van der Waals surface area contributed by atoms with Gasteiger partial charge in [-0.05, 0) is 6.42 Å². The van der Waals surface area contributed by atoms with Gasteiger partial charge >= 0.3 is 0 Å². The maximum absolute atomic E-state index is 10.3. The fourth-order valence-electron chi connectivity index (χ4n) is 0.740. The van der Waals surface area contributed by atoms with Crippen molar-refractivity contribution in [3.8, 4) is 0 Å². The van der Waals surface area contributed by atoms with Gasteiger partial charge in [-0.2, -0.15) is 8.42 Å². The van der Waals surface area contributed by atoms with Crippen LogP contribution in [0, 0.1) is 0 Å². The van der Waals surface area contributed by atoms with Gasteiger partial charge in [0.1, 0.15) is 0 Å². The van der Waals surface area contributed by atoms with Gasteiger partial charge in [0.05, 0.1) is 12.9 Å². The van der Waals surface area contributed by atoms with E-state index in [9.17, 15) is 8.42 Å². The third-order valence-corrected chi connectivity index (χ3v) is 2.06. The summed E-state index contributed by atoms with van der Waals surface area (Å²) in [5.41, 5.74) is 0. The predicted octanol–water partition coefficient (Wildman–Crippen LogP) is 2.45. The minimum Gasteiger partial charge on any atom is -0.270 e. The molecular weight excluding hydrogens is 212 g/mol. The van der Waals surface area contributed by atoms with Gasteiger partial charge in [-0.15, -0.1) is 0 Å². The molecule has 1 aromatic carbocycles. The second-order valence-electron chi connectivity index (χ2n) is 3.03. The molecule has 0 aliphatic rings. The van der Waals surface area contributed by atoms with Crippen LogP contribution in [-0.2, 0) is 14.3 Å². The zero-order valence-corrected chi connectivity index (χ0v) is 10.0. The lowest BCUT2D eigenvalue weighted by Crippen LogP contribution is -2.03. The Morgan fingerprint density at radius 3 is 1.67 bits per heavy atom. The lowest BCUT2D eigenvalue weighted by molar-refractivity contribution is 0.314. The van der Waals surface area contributed by atoms with Crippen molar-refractivity contribution in [2.45, 2.75) is 19.8 Å². The Bertz CT molecular complexity index is 292. The minimum atomic E-state index is -3.20. The number of benzene rings is 1. The van der Waals surface area contributed by atoms with Crippen LogP contribution >= 0.6 is 0 Å². The van der Waals surface area contributed by atoms with Crippen molar-refractivity contribution in [1.82, 2.24) is 0 Å². The monoisotopic (exact) mass is 230 g/mol. The fraction of sp³-hybridized carbons (Fsp3) is 0.455. The van der Waals surface area contributed by atoms with Crippen LogP contribution in [0.5, 0.6) is 0 Å². The summed E-state index contributed by atoms with van der Waals surface area (Å²) < 4.78 is 25.0. The molecule has 0 amide bonds. The predicted molar refractivity (Wildman–Crippen MR) is 62.1 cm³/mol. The Kier molecular flexibility index (Phi) is 7.95. The summed E-state index contributed by atoms with van der Waals surface area (Å²) in [6, 6.07) is 12.0. The standard InChI is InChI=1S/C6H6.C5H12O3S/c1-2-4-6-5-3-1;1-3-4-5-8-9(2,6)7/h1-6H;3-5H2,1-2H3. The van der Waals surface area contributed by atoms with E-state index < -0.39 is 10.1 Å². The van der Waals surface area contributed by atoms with Gasteiger partial charge in [0, 0.05) is 0 Å². The highest BCUT2D eigenvalue weighted by Crippen LogP contribution is 1.91. The molecule has 0 spiro atoms. The molecule has 1 aromatic rings. The van der Waals surface area contributed by atoms with E-state index in [0.717, 1.165) is 19.1 Å². The molecular formula is C11H18O3S. The van der Waals surface area contributed by atoms with Gasteiger partial charge in [-0.1, -0.05) is 49.7 Å². The van der Waals surface area contributed by atoms with E-state index in [2.05, 4.69) is 4.18 Å². The first-order valence-electron chi connectivity index (χ1n) is 4.90. The Labute approximate surface area is 92.2 Å². The lowest BCUT2D eigenvalue weighted by Gasteiger charge is -1.96. The van der Waals surface area contributed by atoms with Gasteiger partial charge in [-0.25, -0.2) is 0 Å². The molecule has 0 fully saturated rings. The minimum absolute atomic E-state index is 0.315. The second kappa shape index (κ2) is 8.44. The van der Waals surface area contributed by atoms with Crippen LogP contribution in [0.2, 0.25) is 0 Å². The summed E-state index contributed by atoms with van der Waals surface area (Å²) in [7, 11) is -3.20. The second-order valence-corrected chi connectivity index (χ2v) is 4.68. The highest BCUT2D eigenvalue weighted by atomic mass is 32.2. The van der Waals surface area contributed by atoms with E-state index in [4.69, 9.17) is 0 Å². The van der Waals surface area contributed by atoms with Crippen LogP contribution in [0.15, 0.2) is 36.4 Å². The molecule has 0 saturated heterocycles. The molecule has 4 heteroatoms. The summed E-state index contributed by atoms with van der Waals surface area (Å²) in [6.07, 6.45) is 2.81. The molecule has 86 valence electrons. The van der Waals surface area contributed by atoms with E-state index >= 15 is 0 Å². The van der Waals surface area contributed by atoms with Crippen LogP contribution in [-0.4, -0.2) is 21.3 Å². The van der Waals surface area contributed by atoms with Gasteiger partial charge in [0.25, 0.3) is 10.1 Å². The Morgan fingerprint density at radius 1 is 1.00 bits per heavy atom. The largest absolute Gasteiger partial charge is 0.270 e. The van der Waals surface area contributed by atoms with E-state index in [1.54, 1.807) is 0 Å². The normalized spacial score (nSPS) is 10.3. The van der Waals surface area contributed by atoms with Gasteiger partial charge < -0.3 is 0 Å². The Balaban J connectivity index is 0.000000280. The topological polar surface area (TPSA) is 43.4 Å². The first kappa shape index (κ1) is 14.1. The zero-order chi connectivity index (χ0) is 11.6. The van der Waals surface area contributed by atoms with Crippen molar-refractivity contribution < 1.29 is 12.6 Å². The SMILES string of the molecule is CCCCOS(C)(=O)=O.c1ccccc1. The fourth-order valence-corrected chi connectivity index (χ4v) is 1.16. The molecule has 0 unspecified atom stereocenters. The van der Waals surface area contributed by atoms with Gasteiger partial charge in [0.15, 0.2) is 0 Å². The van der Waals surface area contributed by atoms with E-state index in [1.165, 1.54) is 0 Å². The van der Waals surface area contributed by atoms with Crippen LogP contribution in [0.4, 0.5) is 0 Å². The molecule has 0 bridgehead atoms. The summed E-state index contributed by atoms with van der Waals surface area (Å²) in [4.78, 5) is 0. The van der Waals surface area contributed by atoms with Crippen molar-refractivity contribution in [1.29, 1.82) is 0 Å². The van der Waals surface area contributed by atoms with Crippen molar-refractivity contribution in [2.24, 2.45) is 0 Å². The molecule has 0 saturated carbocycles. The smallest absolute Gasteiger partial charge is 0.264 e. The maximum atomic E-state index is 10.3. The van der Waals surface area contributed by atoms with E-state index in [-0.39, 0.29) is 0 Å². The molecule has 0 heterocycles. The van der Waals surface area contributed by atoms with Crippen molar-refractivity contribution in [3.05, 3.63) is 36.4 Å². The van der Waals surface area contributed by atoms with Crippen LogP contribution in [0.1, 0.15) is 19.8 Å². The summed E-state index contributed by atoms with van der Waals surface area (Å²) in [5, 5.41) is 0. The average molecular weight is 230 g/mol. The third kappa shape index (κ3) is 13.1. The third-order valence-electron chi connectivity index (χ3n) is 1.46. The first-order chi connectivity index (χ1) is 7.06. The van der Waals surface area contributed by atoms with Crippen LogP contribution in [0.3, 0.4) is 0 Å². The highest BCUT2D eigenvalue weighted by molar-refractivity contribution is 7.85. The molecule has 0 aromatic heterocycles. The molecule has 3 nitrogen and oxygen atoms in total. The molecule has 15 heavy (non-hydrogen) atoms. The Morgan fingerprint density at radius 2 is 1.40 bits per heavy atom. The average Bonchev–Trinajstić information content (AvgIpc) is 2.20. The summed E-state index contributed by atoms with van der Waals surface area (Å²) in [5.74, 6) is 0. The van der Waals surface area contributed by atoms with E-state index in [0.29, 0.717) is 6.61 Å². The molecule has 0 N–H and O–H groups in total. The van der Waals surface area contributed by atoms with Crippen LogP contribution < -0.4 is 0 Å². The van der Waals surface area contributed by atoms with Gasteiger partial charge in [0.2, 0.25) is 0 Å².